The number of carbonyl (C=O) groups is 1. The molecule has 0 radical (unpaired) electrons. The van der Waals surface area contributed by atoms with Crippen LogP contribution in [0.15, 0.2) is 30.3 Å². The molecule has 23 heavy (non-hydrogen) atoms. The van der Waals surface area contributed by atoms with Gasteiger partial charge >= 0.3 is 6.09 Å². The van der Waals surface area contributed by atoms with Gasteiger partial charge in [-0.2, -0.15) is 0 Å². The van der Waals surface area contributed by atoms with Crippen molar-refractivity contribution in [2.45, 2.75) is 71.2 Å². The molecule has 1 heterocycles. The van der Waals surface area contributed by atoms with Gasteiger partial charge in [0.15, 0.2) is 0 Å². The number of hydrogen-bond donors (Lipinski definition) is 1. The Morgan fingerprint density at radius 2 is 1.87 bits per heavy atom. The average molecular weight is 318 g/mol. The first-order chi connectivity index (χ1) is 10.7. The normalized spacial score (nSPS) is 19.6. The first-order valence-electron chi connectivity index (χ1n) is 8.46. The van der Waals surface area contributed by atoms with Crippen LogP contribution in [0.5, 0.6) is 0 Å². The Hall–Kier alpha value is -1.55. The van der Waals surface area contributed by atoms with Crippen molar-refractivity contribution in [3.63, 3.8) is 0 Å². The van der Waals surface area contributed by atoms with Gasteiger partial charge in [-0.1, -0.05) is 30.3 Å². The lowest BCUT2D eigenvalue weighted by atomic mass is 9.92. The molecule has 0 aromatic heterocycles. The smallest absolute Gasteiger partial charge is 0.408 e. The number of alkyl carbamates (subject to hydrolysis) is 1. The van der Waals surface area contributed by atoms with Gasteiger partial charge in [0.2, 0.25) is 0 Å². The molecule has 0 bridgehead atoms. The van der Waals surface area contributed by atoms with Gasteiger partial charge in [0.1, 0.15) is 5.60 Å². The fourth-order valence-electron chi connectivity index (χ4n) is 3.30. The molecule has 1 aromatic carbocycles. The second-order valence-corrected chi connectivity index (χ2v) is 7.96. The minimum Gasteiger partial charge on any atom is -0.444 e. The summed E-state index contributed by atoms with van der Waals surface area (Å²) in [5, 5.41) is 3.07. The molecule has 0 saturated carbocycles. The lowest BCUT2D eigenvalue weighted by Crippen LogP contribution is -2.57. The fraction of sp³-hybridized carbons (Fsp3) is 0.632. The van der Waals surface area contributed by atoms with Crippen LogP contribution in [0.2, 0.25) is 0 Å². The molecular weight excluding hydrogens is 288 g/mol. The van der Waals surface area contributed by atoms with Crippen molar-refractivity contribution in [1.82, 2.24) is 10.2 Å². The molecule has 2 rings (SSSR count). The van der Waals surface area contributed by atoms with Crippen LogP contribution in [0.3, 0.4) is 0 Å². The van der Waals surface area contributed by atoms with Crippen molar-refractivity contribution in [2.75, 3.05) is 6.54 Å². The molecule has 1 aromatic rings. The Kier molecular flexibility index (Phi) is 5.35. The quantitative estimate of drug-likeness (QED) is 0.914. The predicted molar refractivity (Wildman–Crippen MR) is 93.3 cm³/mol. The van der Waals surface area contributed by atoms with Crippen LogP contribution in [0.25, 0.3) is 0 Å². The van der Waals surface area contributed by atoms with E-state index >= 15 is 0 Å². The summed E-state index contributed by atoms with van der Waals surface area (Å²) in [6.07, 6.45) is 1.92. The molecule has 0 unspecified atom stereocenters. The minimum absolute atomic E-state index is 0.315. The number of amides is 1. The third-order valence-corrected chi connectivity index (χ3v) is 4.25. The maximum absolute atomic E-state index is 12.1. The highest BCUT2D eigenvalue weighted by atomic mass is 16.6. The Bertz CT molecular complexity index is 520. The van der Waals surface area contributed by atoms with Gasteiger partial charge in [-0.15, -0.1) is 0 Å². The van der Waals surface area contributed by atoms with Crippen LogP contribution in [0.1, 0.15) is 53.0 Å². The van der Waals surface area contributed by atoms with Gasteiger partial charge in [-0.25, -0.2) is 4.79 Å². The molecule has 0 spiro atoms. The van der Waals surface area contributed by atoms with Gasteiger partial charge in [-0.05, 0) is 59.6 Å². The highest BCUT2D eigenvalue weighted by molar-refractivity contribution is 5.68. The monoisotopic (exact) mass is 318 g/mol. The van der Waals surface area contributed by atoms with E-state index in [1.54, 1.807) is 0 Å². The summed E-state index contributed by atoms with van der Waals surface area (Å²) in [5.74, 6) is 0. The molecule has 1 fully saturated rings. The molecule has 1 atom stereocenters. The molecule has 1 aliphatic heterocycles. The summed E-state index contributed by atoms with van der Waals surface area (Å²) in [6, 6.07) is 10.8. The van der Waals surface area contributed by atoms with E-state index in [0.717, 1.165) is 25.9 Å². The molecule has 128 valence electrons. The van der Waals surface area contributed by atoms with Crippen molar-refractivity contribution in [3.8, 4) is 0 Å². The second-order valence-electron chi connectivity index (χ2n) is 7.96. The zero-order chi connectivity index (χ0) is 17.1. The number of nitrogens with zero attached hydrogens (tertiary/aromatic N) is 1. The van der Waals surface area contributed by atoms with Gasteiger partial charge in [0.25, 0.3) is 0 Å². The maximum atomic E-state index is 12.1. The highest BCUT2D eigenvalue weighted by Gasteiger charge is 2.39. The summed E-state index contributed by atoms with van der Waals surface area (Å²) < 4.78 is 5.42. The van der Waals surface area contributed by atoms with E-state index in [1.807, 2.05) is 26.8 Å². The van der Waals surface area contributed by atoms with E-state index in [1.165, 1.54) is 5.56 Å². The number of likely N-dealkylation sites (tertiary alicyclic amines) is 1. The van der Waals surface area contributed by atoms with Crippen LogP contribution in [-0.2, 0) is 11.3 Å². The topological polar surface area (TPSA) is 41.6 Å². The first-order valence-corrected chi connectivity index (χ1v) is 8.46. The SMILES string of the molecule is CC(C)(C)OC(=O)NC(C)(C)[C@@H]1CCCN1Cc1ccccc1. The average Bonchev–Trinajstić information content (AvgIpc) is 2.86. The molecular formula is C19H30N2O2. The predicted octanol–water partition coefficient (Wildman–Crippen LogP) is 3.95. The first kappa shape index (κ1) is 17.8. The molecule has 0 aliphatic carbocycles. The van der Waals surface area contributed by atoms with Crippen molar-refractivity contribution in [1.29, 1.82) is 0 Å². The van der Waals surface area contributed by atoms with Gasteiger partial charge in [0.05, 0.1) is 5.54 Å². The van der Waals surface area contributed by atoms with E-state index in [9.17, 15) is 4.79 Å². The number of ether oxygens (including phenoxy) is 1. The standard InChI is InChI=1S/C19H30N2O2/c1-18(2,3)23-17(22)20-19(4,5)16-12-9-13-21(16)14-15-10-7-6-8-11-15/h6-8,10-11,16H,9,12-14H2,1-5H3,(H,20,22)/t16-/m0/s1. The summed E-state index contributed by atoms with van der Waals surface area (Å²) in [4.78, 5) is 14.6. The Balaban J connectivity index is 2.01. The van der Waals surface area contributed by atoms with E-state index < -0.39 is 5.60 Å². The van der Waals surface area contributed by atoms with E-state index in [0.29, 0.717) is 6.04 Å². The number of benzene rings is 1. The van der Waals surface area contributed by atoms with E-state index in [4.69, 9.17) is 4.74 Å². The van der Waals surface area contributed by atoms with Gasteiger partial charge in [0, 0.05) is 12.6 Å². The van der Waals surface area contributed by atoms with Crippen molar-refractivity contribution in [2.24, 2.45) is 0 Å². The Morgan fingerprint density at radius 3 is 2.48 bits per heavy atom. The zero-order valence-electron chi connectivity index (χ0n) is 15.1. The van der Waals surface area contributed by atoms with Crippen molar-refractivity contribution < 1.29 is 9.53 Å². The highest BCUT2D eigenvalue weighted by Crippen LogP contribution is 2.28. The molecule has 1 aliphatic rings. The van der Waals surface area contributed by atoms with Crippen LogP contribution in [-0.4, -0.2) is 34.7 Å². The van der Waals surface area contributed by atoms with E-state index in [-0.39, 0.29) is 11.6 Å². The summed E-state index contributed by atoms with van der Waals surface area (Å²) in [7, 11) is 0. The molecule has 1 amide bonds. The lowest BCUT2D eigenvalue weighted by molar-refractivity contribution is 0.0405. The van der Waals surface area contributed by atoms with Crippen LogP contribution in [0.4, 0.5) is 4.79 Å². The maximum Gasteiger partial charge on any atom is 0.408 e. The van der Waals surface area contributed by atoms with Gasteiger partial charge < -0.3 is 10.1 Å². The second kappa shape index (κ2) is 6.91. The molecule has 4 heteroatoms. The Morgan fingerprint density at radius 1 is 1.22 bits per heavy atom. The number of rotatable bonds is 4. The van der Waals surface area contributed by atoms with E-state index in [2.05, 4.69) is 48.3 Å². The number of nitrogens with one attached hydrogen (secondary N) is 1. The Labute approximate surface area is 140 Å². The van der Waals surface area contributed by atoms with Crippen LogP contribution >= 0.6 is 0 Å². The van der Waals surface area contributed by atoms with Crippen LogP contribution < -0.4 is 5.32 Å². The van der Waals surface area contributed by atoms with Crippen molar-refractivity contribution in [3.05, 3.63) is 35.9 Å². The molecule has 1 saturated heterocycles. The lowest BCUT2D eigenvalue weighted by Gasteiger charge is -2.38. The third kappa shape index (κ3) is 5.24. The number of carbonyl (C=O) groups excluding carboxylic acids is 1. The molecule has 4 nitrogen and oxygen atoms in total. The minimum atomic E-state index is -0.473. The fourth-order valence-corrected chi connectivity index (χ4v) is 3.30. The summed E-state index contributed by atoms with van der Waals surface area (Å²) >= 11 is 0. The van der Waals surface area contributed by atoms with Gasteiger partial charge in [-0.3, -0.25) is 4.90 Å². The number of hydrogen-bond acceptors (Lipinski definition) is 3. The van der Waals surface area contributed by atoms with Crippen molar-refractivity contribution >= 4 is 6.09 Å². The molecule has 1 N–H and O–H groups in total. The van der Waals surface area contributed by atoms with Crippen LogP contribution in [0, 0.1) is 0 Å². The summed E-state index contributed by atoms with van der Waals surface area (Å²) in [5.41, 5.74) is 0.514. The third-order valence-electron chi connectivity index (χ3n) is 4.25. The summed E-state index contributed by atoms with van der Waals surface area (Å²) in [6.45, 7) is 11.8. The largest absolute Gasteiger partial charge is 0.444 e. The zero-order valence-corrected chi connectivity index (χ0v) is 15.1.